The summed E-state index contributed by atoms with van der Waals surface area (Å²) in [5.41, 5.74) is 0.0392. The number of amides is 1. The van der Waals surface area contributed by atoms with Gasteiger partial charge in [0.15, 0.2) is 0 Å². The van der Waals surface area contributed by atoms with Crippen LogP contribution in [0.25, 0.3) is 0 Å². The molecule has 2 heterocycles. The molecule has 0 unspecified atom stereocenters. The van der Waals surface area contributed by atoms with Crippen LogP contribution in [0.1, 0.15) is 43.7 Å². The second kappa shape index (κ2) is 7.76. The van der Waals surface area contributed by atoms with Crippen LogP contribution >= 0.6 is 11.6 Å². The van der Waals surface area contributed by atoms with Gasteiger partial charge in [0.25, 0.3) is 0 Å². The molecule has 1 amide bonds. The van der Waals surface area contributed by atoms with Gasteiger partial charge in [-0.1, -0.05) is 18.5 Å². The summed E-state index contributed by atoms with van der Waals surface area (Å²) in [5.74, 6) is 0.183. The van der Waals surface area contributed by atoms with Gasteiger partial charge in [0.05, 0.1) is 12.2 Å². The van der Waals surface area contributed by atoms with Crippen LogP contribution in [0.15, 0.2) is 36.5 Å². The minimum Gasteiger partial charge on any atom is -0.476 e. The third-order valence-corrected chi connectivity index (χ3v) is 6.71. The maximum Gasteiger partial charge on any atom is 0.417 e. The Balaban J connectivity index is 1.43. The number of anilines is 1. The van der Waals surface area contributed by atoms with Crippen molar-refractivity contribution >= 4 is 23.2 Å². The lowest BCUT2D eigenvalue weighted by molar-refractivity contribution is -0.138. The first kappa shape index (κ1) is 21.0. The van der Waals surface area contributed by atoms with E-state index in [-0.39, 0.29) is 17.7 Å². The van der Waals surface area contributed by atoms with E-state index in [9.17, 15) is 18.0 Å². The zero-order valence-corrected chi connectivity index (χ0v) is 17.2. The number of fused-ring (bicyclic) bond motifs is 2. The summed E-state index contributed by atoms with van der Waals surface area (Å²) in [5, 5.41) is 3.51. The van der Waals surface area contributed by atoms with Crippen LogP contribution in [0, 0.1) is 11.8 Å². The Kier molecular flexibility index (Phi) is 5.43. The summed E-state index contributed by atoms with van der Waals surface area (Å²) < 4.78 is 45.0. The molecule has 1 atom stereocenters. The third-order valence-electron chi connectivity index (χ3n) is 6.45. The lowest BCUT2D eigenvalue weighted by Gasteiger charge is -2.38. The van der Waals surface area contributed by atoms with Gasteiger partial charge in [-0.2, -0.15) is 13.2 Å². The van der Waals surface area contributed by atoms with Gasteiger partial charge < -0.3 is 10.1 Å². The predicted octanol–water partition coefficient (Wildman–Crippen LogP) is 5.85. The average Bonchev–Trinajstić information content (AvgIpc) is 3.07. The van der Waals surface area contributed by atoms with Crippen molar-refractivity contribution in [2.45, 2.75) is 44.2 Å². The standard InChI is InChI=1S/C22H22ClF3N2O2/c1-13(19(29)28-17-4-2-16(23)3-5-17)14-6-8-21(9-7-14)12-30-20-18(21)10-15(11-27-20)22(24,25)26/h2-5,10-11,13-14H,6-9,12H2,1H3,(H,28,29)/t13-,14-,21+/m0/s1. The van der Waals surface area contributed by atoms with Gasteiger partial charge in [0, 0.05) is 33.8 Å². The second-order valence-corrected chi connectivity index (χ2v) is 8.70. The number of halogens is 4. The molecular formula is C22H22ClF3N2O2. The summed E-state index contributed by atoms with van der Waals surface area (Å²) in [6, 6.07) is 8.12. The van der Waals surface area contributed by atoms with E-state index in [1.807, 2.05) is 6.92 Å². The lowest BCUT2D eigenvalue weighted by Crippen LogP contribution is -2.37. The number of carbonyl (C=O) groups is 1. The lowest BCUT2D eigenvalue weighted by atomic mass is 9.65. The molecule has 1 spiro atoms. The Morgan fingerprint density at radius 3 is 2.57 bits per heavy atom. The summed E-state index contributed by atoms with van der Waals surface area (Å²) in [7, 11) is 0. The van der Waals surface area contributed by atoms with E-state index >= 15 is 0 Å². The molecule has 1 fully saturated rings. The predicted molar refractivity (Wildman–Crippen MR) is 108 cm³/mol. The van der Waals surface area contributed by atoms with Gasteiger partial charge in [-0.05, 0) is 61.9 Å². The molecule has 0 radical (unpaired) electrons. The highest BCUT2D eigenvalue weighted by molar-refractivity contribution is 6.30. The van der Waals surface area contributed by atoms with E-state index in [2.05, 4.69) is 10.3 Å². The van der Waals surface area contributed by atoms with Crippen molar-refractivity contribution in [3.63, 3.8) is 0 Å². The number of hydrogen-bond donors (Lipinski definition) is 1. The molecule has 2 aliphatic rings. The van der Waals surface area contributed by atoms with Crippen LogP contribution in [-0.4, -0.2) is 17.5 Å². The monoisotopic (exact) mass is 438 g/mol. The Labute approximate surface area is 177 Å². The van der Waals surface area contributed by atoms with Gasteiger partial charge in [-0.15, -0.1) is 0 Å². The number of nitrogens with one attached hydrogen (secondary N) is 1. The van der Waals surface area contributed by atoms with Crippen LogP contribution in [-0.2, 0) is 16.4 Å². The number of aromatic nitrogens is 1. The molecule has 1 aliphatic heterocycles. The van der Waals surface area contributed by atoms with Crippen molar-refractivity contribution in [1.29, 1.82) is 0 Å². The molecule has 8 heteroatoms. The largest absolute Gasteiger partial charge is 0.476 e. The van der Waals surface area contributed by atoms with Crippen LogP contribution in [0.2, 0.25) is 5.02 Å². The molecule has 1 aromatic carbocycles. The van der Waals surface area contributed by atoms with Crippen molar-refractivity contribution < 1.29 is 22.7 Å². The summed E-state index contributed by atoms with van der Waals surface area (Å²) in [6.07, 6.45) is -0.773. The van der Waals surface area contributed by atoms with E-state index in [1.165, 1.54) is 6.07 Å². The van der Waals surface area contributed by atoms with Crippen molar-refractivity contribution in [2.24, 2.45) is 11.8 Å². The van der Waals surface area contributed by atoms with Gasteiger partial charge in [-0.3, -0.25) is 4.79 Å². The van der Waals surface area contributed by atoms with E-state index in [1.54, 1.807) is 24.3 Å². The molecule has 0 saturated heterocycles. The molecule has 0 bridgehead atoms. The Hall–Kier alpha value is -2.28. The molecule has 160 valence electrons. The highest BCUT2D eigenvalue weighted by Crippen LogP contribution is 2.50. The third kappa shape index (κ3) is 4.00. The van der Waals surface area contributed by atoms with E-state index in [0.717, 1.165) is 19.0 Å². The highest BCUT2D eigenvalue weighted by Gasteiger charge is 2.46. The zero-order valence-electron chi connectivity index (χ0n) is 16.4. The van der Waals surface area contributed by atoms with E-state index in [4.69, 9.17) is 16.3 Å². The van der Waals surface area contributed by atoms with Crippen LogP contribution in [0.4, 0.5) is 18.9 Å². The molecule has 1 aromatic heterocycles. The molecular weight excluding hydrogens is 417 g/mol. The SMILES string of the molecule is C[C@H](C(=O)Nc1ccc(Cl)cc1)[C@H]1CC[C@@]2(CC1)COc1ncc(C(F)(F)F)cc12. The highest BCUT2D eigenvalue weighted by atomic mass is 35.5. The number of pyridine rings is 1. The zero-order chi connectivity index (χ0) is 21.5. The molecule has 1 aliphatic carbocycles. The minimum atomic E-state index is -4.43. The molecule has 1 saturated carbocycles. The van der Waals surface area contributed by atoms with Crippen LogP contribution in [0.5, 0.6) is 5.88 Å². The molecule has 1 N–H and O–H groups in total. The topological polar surface area (TPSA) is 51.2 Å². The molecule has 30 heavy (non-hydrogen) atoms. The Morgan fingerprint density at radius 2 is 1.93 bits per heavy atom. The Morgan fingerprint density at radius 1 is 1.27 bits per heavy atom. The normalized spacial score (nSPS) is 24.2. The summed E-state index contributed by atoms with van der Waals surface area (Å²) in [6.45, 7) is 2.24. The van der Waals surface area contributed by atoms with Gasteiger partial charge in [-0.25, -0.2) is 4.98 Å². The minimum absolute atomic E-state index is 0.0673. The number of hydrogen-bond acceptors (Lipinski definition) is 3. The van der Waals surface area contributed by atoms with Crippen molar-refractivity contribution in [2.75, 3.05) is 11.9 Å². The van der Waals surface area contributed by atoms with Gasteiger partial charge >= 0.3 is 6.18 Å². The van der Waals surface area contributed by atoms with Crippen molar-refractivity contribution in [3.05, 3.63) is 52.7 Å². The number of benzene rings is 1. The molecule has 2 aromatic rings. The maximum absolute atomic E-state index is 13.1. The fraction of sp³-hybridized carbons (Fsp3) is 0.455. The maximum atomic E-state index is 13.1. The Bertz CT molecular complexity index is 938. The van der Waals surface area contributed by atoms with Crippen LogP contribution < -0.4 is 10.1 Å². The quantitative estimate of drug-likeness (QED) is 0.654. The summed E-state index contributed by atoms with van der Waals surface area (Å²) in [4.78, 5) is 16.6. The number of nitrogens with zero attached hydrogens (tertiary/aromatic N) is 1. The number of rotatable bonds is 3. The average molecular weight is 439 g/mol. The molecule has 4 rings (SSSR count). The first-order valence-corrected chi connectivity index (χ1v) is 10.3. The van der Waals surface area contributed by atoms with Gasteiger partial charge in [0.2, 0.25) is 11.8 Å². The van der Waals surface area contributed by atoms with E-state index in [0.29, 0.717) is 41.6 Å². The fourth-order valence-electron chi connectivity index (χ4n) is 4.50. The molecule has 4 nitrogen and oxygen atoms in total. The second-order valence-electron chi connectivity index (χ2n) is 8.27. The number of alkyl halides is 3. The van der Waals surface area contributed by atoms with Gasteiger partial charge in [0.1, 0.15) is 0 Å². The van der Waals surface area contributed by atoms with Crippen LogP contribution in [0.3, 0.4) is 0 Å². The first-order chi connectivity index (χ1) is 14.2. The fourth-order valence-corrected chi connectivity index (χ4v) is 4.62. The first-order valence-electron chi connectivity index (χ1n) is 9.95. The summed E-state index contributed by atoms with van der Waals surface area (Å²) >= 11 is 5.87. The van der Waals surface area contributed by atoms with E-state index < -0.39 is 17.2 Å². The number of carbonyl (C=O) groups excluding carboxylic acids is 1. The smallest absolute Gasteiger partial charge is 0.417 e. The van der Waals surface area contributed by atoms with Crippen molar-refractivity contribution in [3.8, 4) is 5.88 Å². The van der Waals surface area contributed by atoms with Crippen molar-refractivity contribution in [1.82, 2.24) is 4.98 Å². The number of ether oxygens (including phenoxy) is 1.